The zero-order valence-electron chi connectivity index (χ0n) is 7.82. The molecule has 0 spiro atoms. The van der Waals surface area contributed by atoms with Gasteiger partial charge in [0.25, 0.3) is 0 Å². The molecule has 0 saturated carbocycles. The topological polar surface area (TPSA) is 74.6 Å². The molecule has 0 fully saturated rings. The normalized spacial score (nSPS) is 12.8. The number of rotatable bonds is 6. The van der Waals surface area contributed by atoms with E-state index in [0.717, 1.165) is 11.5 Å². The first kappa shape index (κ1) is 12.3. The molecule has 0 aromatic rings. The van der Waals surface area contributed by atoms with Gasteiger partial charge in [-0.2, -0.15) is 0 Å². The van der Waals surface area contributed by atoms with Crippen molar-refractivity contribution in [2.45, 2.75) is 25.5 Å². The van der Waals surface area contributed by atoms with E-state index in [-0.39, 0.29) is 17.3 Å². The van der Waals surface area contributed by atoms with Crippen molar-refractivity contribution >= 4 is 22.8 Å². The summed E-state index contributed by atoms with van der Waals surface area (Å²) in [5.41, 5.74) is 0. The van der Waals surface area contributed by atoms with E-state index < -0.39 is 17.2 Å². The largest absolute Gasteiger partial charge is 0.481 e. The van der Waals surface area contributed by atoms with Crippen LogP contribution in [0, 0.1) is 0 Å². The van der Waals surface area contributed by atoms with E-state index in [1.165, 1.54) is 0 Å². The zero-order valence-corrected chi connectivity index (χ0v) is 8.63. The molecule has 13 heavy (non-hydrogen) atoms. The minimum atomic E-state index is -1.04. The molecule has 5 heteroatoms. The Labute approximate surface area is 80.3 Å². The Balaban J connectivity index is 4.38. The maximum Gasteiger partial charge on any atom is 0.357 e. The fourth-order valence-electron chi connectivity index (χ4n) is 1.11. The van der Waals surface area contributed by atoms with Crippen molar-refractivity contribution < 1.29 is 19.8 Å². The number of carbonyl (C=O) groups is 2. The zero-order chi connectivity index (χ0) is 10.4. The van der Waals surface area contributed by atoms with Crippen LogP contribution in [0.1, 0.15) is 20.3 Å². The van der Waals surface area contributed by atoms with E-state index in [1.54, 1.807) is 0 Å². The highest BCUT2D eigenvalue weighted by molar-refractivity contribution is 7.98. The molecule has 0 bridgehead atoms. The van der Waals surface area contributed by atoms with Gasteiger partial charge in [0.1, 0.15) is 17.9 Å². The Morgan fingerprint density at radius 1 is 1.23 bits per heavy atom. The van der Waals surface area contributed by atoms with Crippen LogP contribution in [0.4, 0.5) is 0 Å². The van der Waals surface area contributed by atoms with Crippen molar-refractivity contribution in [2.75, 3.05) is 11.5 Å². The highest BCUT2D eigenvalue weighted by atomic mass is 32.2. The van der Waals surface area contributed by atoms with Crippen LogP contribution in [-0.2, 0) is 20.5 Å². The van der Waals surface area contributed by atoms with E-state index in [0.29, 0.717) is 0 Å². The third-order valence-corrected chi connectivity index (χ3v) is 4.44. The quantitative estimate of drug-likeness (QED) is 0.624. The number of carboxylic acids is 2. The SMILES string of the molecule is CC[S+](CC)C(CC(=O)O)C(=O)O. The van der Waals surface area contributed by atoms with Crippen LogP contribution in [0.25, 0.3) is 0 Å². The molecule has 4 nitrogen and oxygen atoms in total. The molecule has 1 unspecified atom stereocenters. The number of hydrogen-bond donors (Lipinski definition) is 2. The lowest BCUT2D eigenvalue weighted by Crippen LogP contribution is -2.35. The first-order valence-electron chi connectivity index (χ1n) is 4.13. The molecule has 0 aromatic carbocycles. The lowest BCUT2D eigenvalue weighted by molar-refractivity contribution is -0.143. The predicted molar refractivity (Wildman–Crippen MR) is 52.1 cm³/mol. The molecular formula is C8H15O4S+. The van der Waals surface area contributed by atoms with Crippen molar-refractivity contribution in [1.29, 1.82) is 0 Å². The standard InChI is InChI=1S/C8H14O4S/c1-3-13(4-2)6(8(11)12)5-7(9)10/h6H,3-5H2,1-2H3,(H-,9,10,11,12)/p+1. The van der Waals surface area contributed by atoms with Crippen molar-refractivity contribution in [3.63, 3.8) is 0 Å². The molecule has 0 amide bonds. The molecule has 0 heterocycles. The maximum atomic E-state index is 10.7. The molecule has 0 aliphatic heterocycles. The predicted octanol–water partition coefficient (Wildman–Crippen LogP) is 0.572. The van der Waals surface area contributed by atoms with Crippen LogP contribution in [0.2, 0.25) is 0 Å². The second-order valence-electron chi connectivity index (χ2n) is 2.54. The lowest BCUT2D eigenvalue weighted by atomic mass is 10.3. The monoisotopic (exact) mass is 207 g/mol. The van der Waals surface area contributed by atoms with Crippen LogP contribution in [0.15, 0.2) is 0 Å². The average Bonchev–Trinajstić information content (AvgIpc) is 2.04. The van der Waals surface area contributed by atoms with Crippen LogP contribution >= 0.6 is 0 Å². The summed E-state index contributed by atoms with van der Waals surface area (Å²) in [7, 11) is -0.307. The third kappa shape index (κ3) is 4.17. The van der Waals surface area contributed by atoms with Crippen molar-refractivity contribution in [3.8, 4) is 0 Å². The Hall–Kier alpha value is -0.710. The Bertz CT molecular complexity index is 189. The van der Waals surface area contributed by atoms with E-state index in [1.807, 2.05) is 13.8 Å². The van der Waals surface area contributed by atoms with Gasteiger partial charge in [0.15, 0.2) is 0 Å². The van der Waals surface area contributed by atoms with Gasteiger partial charge in [-0.1, -0.05) is 0 Å². The average molecular weight is 207 g/mol. The molecule has 0 aromatic heterocycles. The van der Waals surface area contributed by atoms with Crippen molar-refractivity contribution in [2.24, 2.45) is 0 Å². The van der Waals surface area contributed by atoms with Crippen LogP contribution < -0.4 is 0 Å². The number of hydrogen-bond acceptors (Lipinski definition) is 2. The number of carboxylic acid groups (broad SMARTS) is 2. The van der Waals surface area contributed by atoms with E-state index in [4.69, 9.17) is 10.2 Å². The Morgan fingerprint density at radius 2 is 1.69 bits per heavy atom. The first-order chi connectivity index (χ1) is 6.02. The second-order valence-corrected chi connectivity index (χ2v) is 5.34. The Kier molecular flexibility index (Phi) is 5.53. The van der Waals surface area contributed by atoms with Gasteiger partial charge in [0.2, 0.25) is 5.25 Å². The molecule has 0 saturated heterocycles. The molecule has 0 radical (unpaired) electrons. The third-order valence-electron chi connectivity index (χ3n) is 1.78. The second kappa shape index (κ2) is 5.85. The summed E-state index contributed by atoms with van der Waals surface area (Å²) >= 11 is 0. The van der Waals surface area contributed by atoms with Crippen molar-refractivity contribution in [1.82, 2.24) is 0 Å². The molecule has 0 aliphatic carbocycles. The molecule has 0 rings (SSSR count). The summed E-state index contributed by atoms with van der Waals surface area (Å²) in [4.78, 5) is 21.1. The van der Waals surface area contributed by atoms with Gasteiger partial charge in [-0.05, 0) is 13.8 Å². The van der Waals surface area contributed by atoms with E-state index in [9.17, 15) is 9.59 Å². The van der Waals surface area contributed by atoms with Crippen LogP contribution in [0.5, 0.6) is 0 Å². The van der Waals surface area contributed by atoms with Gasteiger partial charge in [-0.25, -0.2) is 4.79 Å². The number of aliphatic carboxylic acids is 2. The maximum absolute atomic E-state index is 10.7. The van der Waals surface area contributed by atoms with Gasteiger partial charge in [-0.3, -0.25) is 4.79 Å². The summed E-state index contributed by atoms with van der Waals surface area (Å²) in [6, 6.07) is 0. The molecule has 1 atom stereocenters. The summed E-state index contributed by atoms with van der Waals surface area (Å²) in [5, 5.41) is 16.6. The summed E-state index contributed by atoms with van der Waals surface area (Å²) in [6.07, 6.45) is -0.264. The van der Waals surface area contributed by atoms with Gasteiger partial charge in [0.05, 0.1) is 0 Å². The molecule has 2 N–H and O–H groups in total. The Morgan fingerprint density at radius 3 is 1.92 bits per heavy atom. The highest BCUT2D eigenvalue weighted by Crippen LogP contribution is 2.11. The van der Waals surface area contributed by atoms with Gasteiger partial charge < -0.3 is 10.2 Å². The van der Waals surface area contributed by atoms with E-state index in [2.05, 4.69) is 0 Å². The summed E-state index contributed by atoms with van der Waals surface area (Å²) in [5.74, 6) is -0.553. The summed E-state index contributed by atoms with van der Waals surface area (Å²) in [6.45, 7) is 3.79. The molecule has 0 aliphatic rings. The van der Waals surface area contributed by atoms with Crippen LogP contribution in [-0.4, -0.2) is 38.9 Å². The molecule has 76 valence electrons. The fourth-order valence-corrected chi connectivity index (χ4v) is 2.99. The molecular weight excluding hydrogens is 192 g/mol. The van der Waals surface area contributed by atoms with Gasteiger partial charge in [-0.15, -0.1) is 0 Å². The first-order valence-corrected chi connectivity index (χ1v) is 5.76. The van der Waals surface area contributed by atoms with Crippen molar-refractivity contribution in [3.05, 3.63) is 0 Å². The lowest BCUT2D eigenvalue weighted by Gasteiger charge is -2.10. The van der Waals surface area contributed by atoms with Gasteiger partial charge >= 0.3 is 11.9 Å². The van der Waals surface area contributed by atoms with E-state index >= 15 is 0 Å². The van der Waals surface area contributed by atoms with Crippen LogP contribution in [0.3, 0.4) is 0 Å². The smallest absolute Gasteiger partial charge is 0.357 e. The highest BCUT2D eigenvalue weighted by Gasteiger charge is 2.36. The van der Waals surface area contributed by atoms with Gasteiger partial charge in [0, 0.05) is 10.9 Å². The summed E-state index contributed by atoms with van der Waals surface area (Å²) < 4.78 is 0. The fraction of sp³-hybridized carbons (Fsp3) is 0.750. The minimum absolute atomic E-state index is 0.264. The minimum Gasteiger partial charge on any atom is -0.481 e.